The van der Waals surface area contributed by atoms with E-state index in [1.54, 1.807) is 12.1 Å². The Morgan fingerprint density at radius 2 is 1.67 bits per heavy atom. The highest BCUT2D eigenvalue weighted by Crippen LogP contribution is 2.41. The number of aliphatic hydroxyl groups is 1. The highest BCUT2D eigenvalue weighted by molar-refractivity contribution is 8.04. The highest BCUT2D eigenvalue weighted by atomic mass is 32.2. The second kappa shape index (κ2) is 7.98. The lowest BCUT2D eigenvalue weighted by atomic mass is 10.0. The number of aliphatic hydroxyl groups excluding tert-OH is 1. The average Bonchev–Trinajstić information content (AvgIpc) is 2.90. The molecule has 6 heteroatoms. The van der Waals surface area contributed by atoms with Crippen molar-refractivity contribution in [2.24, 2.45) is 0 Å². The first-order chi connectivity index (χ1) is 13.0. The quantitative estimate of drug-likeness (QED) is 0.775. The zero-order valence-corrected chi connectivity index (χ0v) is 16.3. The maximum Gasteiger partial charge on any atom is 0.272 e. The monoisotopic (exact) mass is 383 g/mol. The summed E-state index contributed by atoms with van der Waals surface area (Å²) in [6, 6.07) is 12.9. The Bertz CT molecular complexity index is 918. The van der Waals surface area contributed by atoms with Crippen molar-refractivity contribution in [3.63, 3.8) is 0 Å². The van der Waals surface area contributed by atoms with Gasteiger partial charge in [0, 0.05) is 5.75 Å². The van der Waals surface area contributed by atoms with Crippen LogP contribution in [-0.4, -0.2) is 36.4 Å². The Balaban J connectivity index is 2.12. The van der Waals surface area contributed by atoms with Crippen molar-refractivity contribution < 1.29 is 19.4 Å². The van der Waals surface area contributed by atoms with Crippen molar-refractivity contribution >= 4 is 34.8 Å². The molecule has 0 fully saturated rings. The number of thioether (sulfide) groups is 1. The minimum Gasteiger partial charge on any atom is -0.495 e. The van der Waals surface area contributed by atoms with Gasteiger partial charge in [0.1, 0.15) is 5.75 Å². The molecule has 0 spiro atoms. The molecule has 0 saturated heterocycles. The van der Waals surface area contributed by atoms with Crippen LogP contribution < -0.4 is 9.64 Å². The number of anilines is 1. The van der Waals surface area contributed by atoms with Gasteiger partial charge in [-0.05, 0) is 37.1 Å². The van der Waals surface area contributed by atoms with Crippen LogP contribution in [0, 0.1) is 13.8 Å². The normalized spacial score (nSPS) is 14.3. The lowest BCUT2D eigenvalue weighted by molar-refractivity contribution is -0.119. The molecule has 1 heterocycles. The van der Waals surface area contributed by atoms with Crippen molar-refractivity contribution in [1.29, 1.82) is 0 Å². The summed E-state index contributed by atoms with van der Waals surface area (Å²) in [5.41, 5.74) is 3.46. The molecule has 3 rings (SSSR count). The molecule has 0 atom stereocenters. The van der Waals surface area contributed by atoms with Gasteiger partial charge in [0.05, 0.1) is 29.9 Å². The topological polar surface area (TPSA) is 66.8 Å². The number of hydrogen-bond donors (Lipinski definition) is 1. The summed E-state index contributed by atoms with van der Waals surface area (Å²) < 4.78 is 5.37. The zero-order chi connectivity index (χ0) is 19.6. The molecule has 2 aromatic carbocycles. The zero-order valence-electron chi connectivity index (χ0n) is 15.5. The van der Waals surface area contributed by atoms with E-state index < -0.39 is 5.91 Å². The van der Waals surface area contributed by atoms with Crippen molar-refractivity contribution in [2.75, 3.05) is 24.4 Å². The Labute approximate surface area is 162 Å². The van der Waals surface area contributed by atoms with Crippen molar-refractivity contribution in [1.82, 2.24) is 0 Å². The van der Waals surface area contributed by atoms with Crippen LogP contribution in [0.25, 0.3) is 5.57 Å². The second-order valence-corrected chi connectivity index (χ2v) is 7.37. The van der Waals surface area contributed by atoms with Crippen LogP contribution in [0.4, 0.5) is 5.69 Å². The predicted octanol–water partition coefficient (Wildman–Crippen LogP) is 3.32. The number of hydrogen-bond acceptors (Lipinski definition) is 5. The molecule has 0 radical (unpaired) electrons. The number of nitrogens with zero attached hydrogens (tertiary/aromatic N) is 1. The molecule has 2 amide bonds. The standard InChI is InChI=1S/C21H21NO4S/c1-13-4-7-15(8-5-13)18-19(27-11-10-23)21(25)22(20(18)24)16-12-14(2)6-9-17(16)26-3/h4-9,12,23H,10-11H2,1-3H3. The van der Waals surface area contributed by atoms with Gasteiger partial charge in [-0.2, -0.15) is 0 Å². The molecule has 0 saturated carbocycles. The number of ether oxygens (including phenoxy) is 1. The molecule has 27 heavy (non-hydrogen) atoms. The third-order valence-electron chi connectivity index (χ3n) is 4.29. The van der Waals surface area contributed by atoms with Gasteiger partial charge in [-0.25, -0.2) is 4.90 Å². The maximum absolute atomic E-state index is 13.3. The summed E-state index contributed by atoms with van der Waals surface area (Å²) in [4.78, 5) is 27.9. The molecule has 1 aliphatic rings. The number of methoxy groups -OCH3 is 1. The first-order valence-electron chi connectivity index (χ1n) is 8.56. The van der Waals surface area contributed by atoms with E-state index in [2.05, 4.69) is 0 Å². The van der Waals surface area contributed by atoms with E-state index in [4.69, 9.17) is 4.74 Å². The number of carbonyl (C=O) groups is 2. The van der Waals surface area contributed by atoms with E-state index in [0.717, 1.165) is 11.1 Å². The molecule has 0 unspecified atom stereocenters. The number of amides is 2. The molecule has 0 aliphatic carbocycles. The smallest absolute Gasteiger partial charge is 0.272 e. The van der Waals surface area contributed by atoms with Gasteiger partial charge in [-0.3, -0.25) is 9.59 Å². The third-order valence-corrected chi connectivity index (χ3v) is 5.35. The fraction of sp³-hybridized carbons (Fsp3) is 0.238. The summed E-state index contributed by atoms with van der Waals surface area (Å²) in [6.45, 7) is 3.78. The summed E-state index contributed by atoms with van der Waals surface area (Å²) in [5.74, 6) is 0.0211. The van der Waals surface area contributed by atoms with Crippen molar-refractivity contribution in [2.45, 2.75) is 13.8 Å². The van der Waals surface area contributed by atoms with Crippen molar-refractivity contribution in [3.8, 4) is 5.75 Å². The lowest BCUT2D eigenvalue weighted by Crippen LogP contribution is -2.31. The van der Waals surface area contributed by atoms with Crippen LogP contribution >= 0.6 is 11.8 Å². The number of rotatable bonds is 6. The predicted molar refractivity (Wildman–Crippen MR) is 108 cm³/mol. The average molecular weight is 383 g/mol. The lowest BCUT2D eigenvalue weighted by Gasteiger charge is -2.19. The van der Waals surface area contributed by atoms with Crippen molar-refractivity contribution in [3.05, 3.63) is 64.1 Å². The van der Waals surface area contributed by atoms with E-state index in [-0.39, 0.29) is 12.5 Å². The van der Waals surface area contributed by atoms with Gasteiger partial charge < -0.3 is 9.84 Å². The van der Waals surface area contributed by atoms with Gasteiger partial charge in [0.25, 0.3) is 11.8 Å². The molecule has 140 valence electrons. The molecule has 0 bridgehead atoms. The fourth-order valence-electron chi connectivity index (χ4n) is 2.96. The highest BCUT2D eigenvalue weighted by Gasteiger charge is 2.41. The Hall–Kier alpha value is -2.57. The molecular formula is C21H21NO4S. The van der Waals surface area contributed by atoms with E-state index >= 15 is 0 Å². The molecule has 1 aliphatic heterocycles. The van der Waals surface area contributed by atoms with Gasteiger partial charge in [0.2, 0.25) is 0 Å². The van der Waals surface area contributed by atoms with Crippen LogP contribution in [0.2, 0.25) is 0 Å². The maximum atomic E-state index is 13.3. The first kappa shape index (κ1) is 19.2. The van der Waals surface area contributed by atoms with Gasteiger partial charge in [-0.15, -0.1) is 11.8 Å². The van der Waals surface area contributed by atoms with E-state index in [1.165, 1.54) is 23.8 Å². The Morgan fingerprint density at radius 1 is 1.00 bits per heavy atom. The van der Waals surface area contributed by atoms with Crippen LogP contribution in [-0.2, 0) is 9.59 Å². The molecule has 0 aromatic heterocycles. The minimum atomic E-state index is -0.391. The number of carbonyl (C=O) groups excluding carboxylic acids is 2. The number of aryl methyl sites for hydroxylation is 2. The second-order valence-electron chi connectivity index (χ2n) is 6.26. The third kappa shape index (κ3) is 3.63. The molecule has 1 N–H and O–H groups in total. The number of benzene rings is 2. The Morgan fingerprint density at radius 3 is 2.30 bits per heavy atom. The summed E-state index contributed by atoms with van der Waals surface area (Å²) in [5, 5.41) is 9.20. The summed E-state index contributed by atoms with van der Waals surface area (Å²) >= 11 is 1.20. The Kier molecular flexibility index (Phi) is 5.68. The van der Waals surface area contributed by atoms with Crippen LogP contribution in [0.3, 0.4) is 0 Å². The van der Waals surface area contributed by atoms with E-state index in [9.17, 15) is 14.7 Å². The van der Waals surface area contributed by atoms with E-state index in [0.29, 0.717) is 33.2 Å². The van der Waals surface area contributed by atoms with Crippen LogP contribution in [0.1, 0.15) is 16.7 Å². The SMILES string of the molecule is COc1ccc(C)cc1N1C(=O)C(SCCO)=C(c2ccc(C)cc2)C1=O. The minimum absolute atomic E-state index is 0.0788. The fourth-order valence-corrected chi connectivity index (χ4v) is 3.82. The van der Waals surface area contributed by atoms with Crippen LogP contribution in [0.15, 0.2) is 47.4 Å². The number of imide groups is 1. The van der Waals surface area contributed by atoms with Crippen LogP contribution in [0.5, 0.6) is 5.75 Å². The van der Waals surface area contributed by atoms with Gasteiger partial charge in [0.15, 0.2) is 0 Å². The van der Waals surface area contributed by atoms with Gasteiger partial charge in [-0.1, -0.05) is 35.9 Å². The van der Waals surface area contributed by atoms with Gasteiger partial charge >= 0.3 is 0 Å². The summed E-state index contributed by atoms with van der Waals surface area (Å²) in [7, 11) is 1.51. The molecule has 2 aromatic rings. The molecular weight excluding hydrogens is 362 g/mol. The first-order valence-corrected chi connectivity index (χ1v) is 9.55. The largest absolute Gasteiger partial charge is 0.495 e. The molecule has 5 nitrogen and oxygen atoms in total. The summed E-state index contributed by atoms with van der Waals surface area (Å²) in [6.07, 6.45) is 0. The van der Waals surface area contributed by atoms with E-state index in [1.807, 2.05) is 44.2 Å².